The normalized spacial score (nSPS) is 18.3. The van der Waals surface area contributed by atoms with E-state index < -0.39 is 0 Å². The molecular weight excluding hydrogens is 226 g/mol. The average molecular weight is 240 g/mol. The molecule has 1 heterocycles. The number of benzene rings is 1. The zero-order valence-electron chi connectivity index (χ0n) is 8.86. The summed E-state index contributed by atoms with van der Waals surface area (Å²) in [4.78, 5) is 20.4. The Morgan fingerprint density at radius 3 is 2.38 bits per heavy atom. The molecule has 3 nitrogen and oxygen atoms in total. The fourth-order valence-corrected chi connectivity index (χ4v) is 1.49. The van der Waals surface area contributed by atoms with Gasteiger partial charge in [0.15, 0.2) is 0 Å². The van der Waals surface area contributed by atoms with Crippen LogP contribution in [0, 0.1) is 5.92 Å². The second kappa shape index (κ2) is 7.01. The van der Waals surface area contributed by atoms with Crippen molar-refractivity contribution in [3.05, 3.63) is 35.9 Å². The molecule has 1 N–H and O–H groups in total. The molecule has 1 saturated heterocycles. The zero-order chi connectivity index (χ0) is 11.8. The molecule has 1 aliphatic heterocycles. The highest BCUT2D eigenvalue weighted by molar-refractivity contribution is 6.17. The van der Waals surface area contributed by atoms with Crippen molar-refractivity contribution in [1.82, 2.24) is 5.32 Å². The highest BCUT2D eigenvalue weighted by atomic mass is 35.5. The topological polar surface area (TPSA) is 46.2 Å². The Labute approximate surface area is 99.8 Å². The van der Waals surface area contributed by atoms with Gasteiger partial charge in [-0.15, -0.1) is 11.6 Å². The molecule has 1 amide bonds. The summed E-state index contributed by atoms with van der Waals surface area (Å²) in [5.41, 5.74) is 1.18. The summed E-state index contributed by atoms with van der Waals surface area (Å²) in [6.07, 6.45) is 1.37. The van der Waals surface area contributed by atoms with Crippen LogP contribution in [0.25, 0.3) is 0 Å². The summed E-state index contributed by atoms with van der Waals surface area (Å²) >= 11 is 5.53. The monoisotopic (exact) mass is 239 g/mol. The molecule has 4 heteroatoms. The summed E-state index contributed by atoms with van der Waals surface area (Å²) in [6, 6.07) is 9.96. The van der Waals surface area contributed by atoms with Crippen LogP contribution in [0.5, 0.6) is 0 Å². The maximum absolute atomic E-state index is 10.5. The van der Waals surface area contributed by atoms with E-state index in [1.807, 2.05) is 30.3 Å². The van der Waals surface area contributed by atoms with Gasteiger partial charge in [-0.2, -0.15) is 0 Å². The largest absolute Gasteiger partial charge is 0.355 e. The Hall–Kier alpha value is -1.35. The number of carbonyl (C=O) groups excluding carboxylic acids is 2. The van der Waals surface area contributed by atoms with Crippen molar-refractivity contribution in [2.45, 2.75) is 12.3 Å². The van der Waals surface area contributed by atoms with Crippen LogP contribution in [0.1, 0.15) is 12.0 Å². The lowest BCUT2D eigenvalue weighted by molar-refractivity contribution is -0.126. The number of rotatable bonds is 2. The van der Waals surface area contributed by atoms with E-state index in [1.165, 1.54) is 5.56 Å². The van der Waals surface area contributed by atoms with E-state index >= 15 is 0 Å². The van der Waals surface area contributed by atoms with E-state index in [1.54, 1.807) is 0 Å². The molecule has 1 unspecified atom stereocenters. The fourth-order valence-electron chi connectivity index (χ4n) is 1.31. The van der Waals surface area contributed by atoms with Gasteiger partial charge < -0.3 is 10.1 Å². The maximum atomic E-state index is 10.5. The lowest BCUT2D eigenvalue weighted by Gasteiger charge is -1.89. The Morgan fingerprint density at radius 1 is 1.38 bits per heavy atom. The third-order valence-electron chi connectivity index (χ3n) is 2.25. The maximum Gasteiger partial charge on any atom is 0.230 e. The predicted octanol–water partition coefficient (Wildman–Crippen LogP) is 1.75. The fraction of sp³-hybridized carbons (Fsp3) is 0.333. The van der Waals surface area contributed by atoms with Crippen molar-refractivity contribution in [2.75, 3.05) is 6.54 Å². The highest BCUT2D eigenvalue weighted by Gasteiger charge is 2.22. The van der Waals surface area contributed by atoms with Crippen molar-refractivity contribution >= 4 is 23.8 Å². The Morgan fingerprint density at radius 2 is 2.06 bits per heavy atom. The first-order valence-electron chi connectivity index (χ1n) is 5.11. The summed E-state index contributed by atoms with van der Waals surface area (Å²) < 4.78 is 0. The third-order valence-corrected chi connectivity index (χ3v) is 2.56. The van der Waals surface area contributed by atoms with E-state index in [9.17, 15) is 9.59 Å². The van der Waals surface area contributed by atoms with Crippen LogP contribution in [-0.2, 0) is 15.5 Å². The standard InChI is InChI=1S/C7H7Cl.C5H7NO2/c8-6-7-4-2-1-3-5-7;7-3-4-1-2-6-5(4)8/h1-5H,6H2;3-4H,1-2H2,(H,6,8). The minimum atomic E-state index is -0.366. The smallest absolute Gasteiger partial charge is 0.230 e. The molecule has 0 bridgehead atoms. The van der Waals surface area contributed by atoms with Crippen molar-refractivity contribution in [3.63, 3.8) is 0 Å². The molecule has 0 aliphatic carbocycles. The van der Waals surface area contributed by atoms with Crippen LogP contribution in [-0.4, -0.2) is 18.7 Å². The number of nitrogens with one attached hydrogen (secondary N) is 1. The molecule has 16 heavy (non-hydrogen) atoms. The first-order valence-corrected chi connectivity index (χ1v) is 5.64. The molecular formula is C12H14ClNO2. The van der Waals surface area contributed by atoms with E-state index in [-0.39, 0.29) is 11.8 Å². The molecule has 1 aromatic rings. The lowest BCUT2D eigenvalue weighted by atomic mass is 10.1. The molecule has 2 rings (SSSR count). The van der Waals surface area contributed by atoms with Crippen LogP contribution < -0.4 is 5.32 Å². The second-order valence-corrected chi connectivity index (χ2v) is 3.71. The van der Waals surface area contributed by atoms with Crippen LogP contribution in [0.3, 0.4) is 0 Å². The molecule has 1 aromatic carbocycles. The zero-order valence-corrected chi connectivity index (χ0v) is 9.61. The van der Waals surface area contributed by atoms with Crippen LogP contribution >= 0.6 is 11.6 Å². The van der Waals surface area contributed by atoms with Gasteiger partial charge in [0.25, 0.3) is 0 Å². The number of hydrogen-bond acceptors (Lipinski definition) is 2. The molecule has 1 atom stereocenters. The summed E-state index contributed by atoms with van der Waals surface area (Å²) in [5.74, 6) is 0.121. The first kappa shape index (κ1) is 12.7. The lowest BCUT2D eigenvalue weighted by Crippen LogP contribution is -2.19. The van der Waals surface area contributed by atoms with Crippen molar-refractivity contribution < 1.29 is 9.59 Å². The van der Waals surface area contributed by atoms with Crippen LogP contribution in [0.2, 0.25) is 0 Å². The molecule has 0 radical (unpaired) electrons. The Balaban J connectivity index is 0.000000160. The Bertz CT molecular complexity index is 340. The number of aldehydes is 1. The SMILES string of the molecule is ClCc1ccccc1.O=CC1CCNC1=O. The van der Waals surface area contributed by atoms with Gasteiger partial charge in [-0.3, -0.25) is 4.79 Å². The molecule has 0 saturated carbocycles. The molecule has 0 spiro atoms. The average Bonchev–Trinajstić information content (AvgIpc) is 2.76. The summed E-state index contributed by atoms with van der Waals surface area (Å²) in [7, 11) is 0. The molecule has 1 fully saturated rings. The molecule has 0 aromatic heterocycles. The minimum Gasteiger partial charge on any atom is -0.355 e. The van der Waals surface area contributed by atoms with E-state index in [4.69, 9.17) is 11.6 Å². The second-order valence-electron chi connectivity index (χ2n) is 3.44. The van der Waals surface area contributed by atoms with Crippen LogP contribution in [0.15, 0.2) is 30.3 Å². The van der Waals surface area contributed by atoms with Gasteiger partial charge in [0.05, 0.1) is 5.92 Å². The minimum absolute atomic E-state index is 0.125. The number of hydrogen-bond donors (Lipinski definition) is 1. The van der Waals surface area contributed by atoms with Gasteiger partial charge in [0, 0.05) is 12.4 Å². The predicted molar refractivity (Wildman–Crippen MR) is 63.2 cm³/mol. The number of amides is 1. The third kappa shape index (κ3) is 4.03. The van der Waals surface area contributed by atoms with Crippen molar-refractivity contribution in [3.8, 4) is 0 Å². The Kier molecular flexibility index (Phi) is 5.57. The van der Waals surface area contributed by atoms with Gasteiger partial charge in [0.2, 0.25) is 5.91 Å². The van der Waals surface area contributed by atoms with Gasteiger partial charge in [0.1, 0.15) is 6.29 Å². The van der Waals surface area contributed by atoms with Gasteiger partial charge in [-0.05, 0) is 12.0 Å². The van der Waals surface area contributed by atoms with Crippen molar-refractivity contribution in [2.24, 2.45) is 5.92 Å². The van der Waals surface area contributed by atoms with Crippen LogP contribution in [0.4, 0.5) is 0 Å². The molecule has 1 aliphatic rings. The van der Waals surface area contributed by atoms with E-state index in [2.05, 4.69) is 5.32 Å². The summed E-state index contributed by atoms with van der Waals surface area (Å²) in [5, 5.41) is 2.55. The quantitative estimate of drug-likeness (QED) is 0.486. The highest BCUT2D eigenvalue weighted by Crippen LogP contribution is 2.04. The van der Waals surface area contributed by atoms with E-state index in [0.717, 1.165) is 0 Å². The number of alkyl halides is 1. The molecule has 86 valence electrons. The number of carbonyl (C=O) groups is 2. The number of halogens is 1. The van der Waals surface area contributed by atoms with Gasteiger partial charge in [-0.1, -0.05) is 30.3 Å². The van der Waals surface area contributed by atoms with Crippen molar-refractivity contribution in [1.29, 1.82) is 0 Å². The first-order chi connectivity index (χ1) is 7.77. The summed E-state index contributed by atoms with van der Waals surface area (Å²) in [6.45, 7) is 0.655. The van der Waals surface area contributed by atoms with E-state index in [0.29, 0.717) is 25.1 Å². The van der Waals surface area contributed by atoms with Gasteiger partial charge >= 0.3 is 0 Å². The van der Waals surface area contributed by atoms with Gasteiger partial charge in [-0.25, -0.2) is 0 Å².